The summed E-state index contributed by atoms with van der Waals surface area (Å²) in [5, 5.41) is 0. The predicted molar refractivity (Wildman–Crippen MR) is 21.7 cm³/mol. The molecule has 0 aromatic heterocycles. The molecule has 6 nitrogen and oxygen atoms in total. The molecule has 0 spiro atoms. The van der Waals surface area contributed by atoms with E-state index in [4.69, 9.17) is 0 Å². The SMILES string of the molecule is O.O.O.O.O.O.[Cl-].[Cr+3]. The van der Waals surface area contributed by atoms with E-state index in [1.165, 1.54) is 0 Å². The second-order valence-corrected chi connectivity index (χ2v) is 0. The fourth-order valence-electron chi connectivity index (χ4n) is 0. The van der Waals surface area contributed by atoms with Gasteiger partial charge in [-0.3, -0.25) is 0 Å². The molecule has 0 unspecified atom stereocenters. The quantitative estimate of drug-likeness (QED) is 0.355. The van der Waals surface area contributed by atoms with E-state index in [1.807, 2.05) is 0 Å². The Morgan fingerprint density at radius 3 is 0.375 bits per heavy atom. The first-order valence-electron chi connectivity index (χ1n) is 0. The summed E-state index contributed by atoms with van der Waals surface area (Å²) in [5.74, 6) is 0. The molecule has 0 rings (SSSR count). The van der Waals surface area contributed by atoms with Crippen LogP contribution in [0.1, 0.15) is 0 Å². The molecule has 0 aromatic carbocycles. The van der Waals surface area contributed by atoms with E-state index in [-0.39, 0.29) is 62.6 Å². The maximum absolute atomic E-state index is 0. The first-order valence-corrected chi connectivity index (χ1v) is 0. The van der Waals surface area contributed by atoms with Crippen LogP contribution in [0.15, 0.2) is 0 Å². The van der Waals surface area contributed by atoms with Crippen LogP contribution in [0, 0.1) is 0 Å². The minimum atomic E-state index is 0. The Labute approximate surface area is 63.3 Å². The number of halogens is 1. The van der Waals surface area contributed by atoms with Crippen LogP contribution in [0.5, 0.6) is 0 Å². The van der Waals surface area contributed by atoms with Gasteiger partial charge < -0.3 is 45.3 Å². The Morgan fingerprint density at radius 1 is 0.375 bits per heavy atom. The summed E-state index contributed by atoms with van der Waals surface area (Å²) in [5.41, 5.74) is 0. The van der Waals surface area contributed by atoms with Crippen LogP contribution in [-0.4, -0.2) is 32.9 Å². The van der Waals surface area contributed by atoms with E-state index in [1.54, 1.807) is 0 Å². The zero-order chi connectivity index (χ0) is 0. The zero-order valence-corrected chi connectivity index (χ0v) is 5.82. The Bertz CT molecular complexity index is 8.49. The van der Waals surface area contributed by atoms with E-state index in [9.17, 15) is 0 Å². The molecule has 8 heavy (non-hydrogen) atoms. The average molecular weight is 196 g/mol. The Hall–Kier alpha value is 0.582. The van der Waals surface area contributed by atoms with E-state index in [0.717, 1.165) is 0 Å². The van der Waals surface area contributed by atoms with Crippen LogP contribution in [0.25, 0.3) is 0 Å². The summed E-state index contributed by atoms with van der Waals surface area (Å²) in [7, 11) is 0. The predicted octanol–water partition coefficient (Wildman–Crippen LogP) is -7.95. The van der Waals surface area contributed by atoms with Crippen molar-refractivity contribution >= 4 is 0 Å². The molecule has 0 fully saturated rings. The molecule has 1 radical (unpaired) electrons. The van der Waals surface area contributed by atoms with Gasteiger partial charge >= 0.3 is 17.4 Å². The van der Waals surface area contributed by atoms with E-state index in [0.29, 0.717) is 0 Å². The van der Waals surface area contributed by atoms with E-state index < -0.39 is 0 Å². The summed E-state index contributed by atoms with van der Waals surface area (Å²) >= 11 is 0. The Morgan fingerprint density at radius 2 is 0.375 bits per heavy atom. The minimum Gasteiger partial charge on any atom is -1.00 e. The molecule has 0 aromatic rings. The molecular formula is H12ClCrO6+2. The molecule has 12 N–H and O–H groups in total. The topological polar surface area (TPSA) is 189 Å². The molecule has 0 aliphatic carbocycles. The number of hydrogen-bond acceptors (Lipinski definition) is 0. The number of rotatable bonds is 0. The van der Waals surface area contributed by atoms with Gasteiger partial charge in [-0.15, -0.1) is 0 Å². The smallest absolute Gasteiger partial charge is 1.00 e. The van der Waals surface area contributed by atoms with E-state index >= 15 is 0 Å². The third kappa shape index (κ3) is 605. The van der Waals surface area contributed by atoms with Gasteiger partial charge in [-0.2, -0.15) is 0 Å². The van der Waals surface area contributed by atoms with Crippen molar-refractivity contribution in [2.24, 2.45) is 0 Å². The first kappa shape index (κ1) is 1450. The third-order valence-electron chi connectivity index (χ3n) is 0. The maximum Gasteiger partial charge on any atom is 3.00 e. The molecule has 0 bridgehead atoms. The van der Waals surface area contributed by atoms with Crippen molar-refractivity contribution in [1.82, 2.24) is 0 Å². The van der Waals surface area contributed by atoms with Gasteiger partial charge in [0.15, 0.2) is 0 Å². The van der Waals surface area contributed by atoms with Gasteiger partial charge in [-0.05, 0) is 0 Å². The van der Waals surface area contributed by atoms with Crippen molar-refractivity contribution < 1.29 is 62.6 Å². The van der Waals surface area contributed by atoms with Crippen molar-refractivity contribution in [3.05, 3.63) is 0 Å². The van der Waals surface area contributed by atoms with Crippen LogP contribution >= 0.6 is 0 Å². The minimum absolute atomic E-state index is 0. The summed E-state index contributed by atoms with van der Waals surface area (Å²) in [6.45, 7) is 0. The Balaban J connectivity index is 0. The van der Waals surface area contributed by atoms with Crippen molar-refractivity contribution in [3.63, 3.8) is 0 Å². The molecule has 0 aliphatic rings. The summed E-state index contributed by atoms with van der Waals surface area (Å²) < 4.78 is 0. The molecule has 59 valence electrons. The van der Waals surface area contributed by atoms with Gasteiger partial charge in [0.1, 0.15) is 0 Å². The van der Waals surface area contributed by atoms with Crippen molar-refractivity contribution in [1.29, 1.82) is 0 Å². The fraction of sp³-hybridized carbons (Fsp3) is 0. The second-order valence-electron chi connectivity index (χ2n) is 0. The zero-order valence-electron chi connectivity index (χ0n) is 3.79. The molecule has 8 heteroatoms. The van der Waals surface area contributed by atoms with Crippen LogP contribution in [-0.2, 0) is 17.4 Å². The molecule has 0 saturated carbocycles. The monoisotopic (exact) mass is 195 g/mol. The maximum atomic E-state index is 0. The van der Waals surface area contributed by atoms with Crippen LogP contribution < -0.4 is 12.4 Å². The molecule has 0 aliphatic heterocycles. The molecular weight excluding hydrogens is 183 g/mol. The van der Waals surface area contributed by atoms with Gasteiger partial charge in [0.2, 0.25) is 0 Å². The Kier molecular flexibility index (Phi) is 176000. The van der Waals surface area contributed by atoms with Gasteiger partial charge in [0, 0.05) is 0 Å². The average Bonchev–Trinajstić information content (AvgIpc) is 0. The molecule has 0 atom stereocenters. The largest absolute Gasteiger partial charge is 3.00 e. The van der Waals surface area contributed by atoms with Crippen molar-refractivity contribution in [3.8, 4) is 0 Å². The molecule has 0 saturated heterocycles. The van der Waals surface area contributed by atoms with Crippen LogP contribution in [0.2, 0.25) is 0 Å². The standard InChI is InChI=1S/ClH.Cr.6H2O/h1H;;6*1H2/q;+3;;;;;;/p-1. The summed E-state index contributed by atoms with van der Waals surface area (Å²) in [4.78, 5) is 0. The first-order chi connectivity index (χ1) is 0. The van der Waals surface area contributed by atoms with Crippen LogP contribution in [0.4, 0.5) is 0 Å². The second kappa shape index (κ2) is 968. The number of hydrogen-bond donors (Lipinski definition) is 0. The van der Waals surface area contributed by atoms with Crippen molar-refractivity contribution in [2.75, 3.05) is 0 Å². The normalized spacial score (nSPS) is 0. The third-order valence-corrected chi connectivity index (χ3v) is 0. The van der Waals surface area contributed by atoms with Gasteiger partial charge in [0.25, 0.3) is 0 Å². The van der Waals surface area contributed by atoms with Gasteiger partial charge in [-0.1, -0.05) is 0 Å². The van der Waals surface area contributed by atoms with Crippen molar-refractivity contribution in [2.45, 2.75) is 0 Å². The fourth-order valence-corrected chi connectivity index (χ4v) is 0. The summed E-state index contributed by atoms with van der Waals surface area (Å²) in [6, 6.07) is 0. The summed E-state index contributed by atoms with van der Waals surface area (Å²) in [6.07, 6.45) is 0. The van der Waals surface area contributed by atoms with Gasteiger partial charge in [0.05, 0.1) is 0 Å². The van der Waals surface area contributed by atoms with Crippen LogP contribution in [0.3, 0.4) is 0 Å². The molecule has 0 amide bonds. The van der Waals surface area contributed by atoms with Gasteiger partial charge in [-0.25, -0.2) is 0 Å². The molecule has 0 heterocycles. The van der Waals surface area contributed by atoms with E-state index in [2.05, 4.69) is 0 Å².